The molecule has 1 amide bonds. The summed E-state index contributed by atoms with van der Waals surface area (Å²) in [6, 6.07) is 13.9. The molecule has 6 nitrogen and oxygen atoms in total. The molecule has 160 valence electrons. The minimum absolute atomic E-state index is 0.152. The quantitative estimate of drug-likeness (QED) is 0.656. The number of rotatable bonds is 4. The number of nitrogens with zero attached hydrogens (tertiary/aromatic N) is 4. The number of amides is 1. The van der Waals surface area contributed by atoms with Crippen LogP contribution in [-0.4, -0.2) is 29.7 Å². The molecular formula is C22H20Cl3N5O. The van der Waals surface area contributed by atoms with Crippen LogP contribution in [0.15, 0.2) is 47.6 Å². The first-order valence-corrected chi connectivity index (χ1v) is 11.1. The number of benzene rings is 2. The van der Waals surface area contributed by atoms with Crippen LogP contribution in [0.1, 0.15) is 30.9 Å². The molecule has 2 aliphatic heterocycles. The number of hydrogen-bond donors (Lipinski definition) is 1. The van der Waals surface area contributed by atoms with Crippen LogP contribution in [0.4, 0.5) is 5.69 Å². The van der Waals surface area contributed by atoms with Gasteiger partial charge in [-0.3, -0.25) is 15.2 Å². The van der Waals surface area contributed by atoms with E-state index in [4.69, 9.17) is 34.8 Å². The topological polar surface area (TPSA) is 71.7 Å². The monoisotopic (exact) mass is 475 g/mol. The predicted molar refractivity (Wildman–Crippen MR) is 123 cm³/mol. The van der Waals surface area contributed by atoms with E-state index in [1.54, 1.807) is 35.3 Å². The average molecular weight is 477 g/mol. The lowest BCUT2D eigenvalue weighted by molar-refractivity contribution is -0.119. The Kier molecular flexibility index (Phi) is 6.68. The van der Waals surface area contributed by atoms with Gasteiger partial charge in [0.05, 0.1) is 22.8 Å². The summed E-state index contributed by atoms with van der Waals surface area (Å²) in [7, 11) is 0. The fourth-order valence-corrected chi connectivity index (χ4v) is 4.54. The van der Waals surface area contributed by atoms with Gasteiger partial charge in [-0.1, -0.05) is 53.4 Å². The molecule has 9 heteroatoms. The molecule has 0 radical (unpaired) electrons. The average Bonchev–Trinajstić information content (AvgIpc) is 3.14. The number of nitrogens with one attached hydrogen (secondary N) is 1. The lowest BCUT2D eigenvalue weighted by Crippen LogP contribution is -2.48. The molecule has 1 fully saturated rings. The Balaban J connectivity index is 1.73. The van der Waals surface area contributed by atoms with E-state index < -0.39 is 12.0 Å². The molecule has 1 N–H and O–H groups in total. The maximum absolute atomic E-state index is 13.1. The number of piperidine rings is 1. The maximum atomic E-state index is 13.1. The molecule has 2 aromatic carbocycles. The van der Waals surface area contributed by atoms with Crippen molar-refractivity contribution < 1.29 is 4.79 Å². The molecule has 2 heterocycles. The summed E-state index contributed by atoms with van der Waals surface area (Å²) < 4.78 is 0. The number of halogens is 3. The van der Waals surface area contributed by atoms with E-state index in [0.29, 0.717) is 20.8 Å². The van der Waals surface area contributed by atoms with Gasteiger partial charge in [0.2, 0.25) is 0 Å². The van der Waals surface area contributed by atoms with E-state index in [9.17, 15) is 10.1 Å². The van der Waals surface area contributed by atoms with Crippen molar-refractivity contribution in [2.24, 2.45) is 11.0 Å². The summed E-state index contributed by atoms with van der Waals surface area (Å²) >= 11 is 18.6. The highest BCUT2D eigenvalue weighted by Crippen LogP contribution is 2.42. The number of hydrazine groups is 1. The Morgan fingerprint density at radius 1 is 1.03 bits per heavy atom. The van der Waals surface area contributed by atoms with Gasteiger partial charge in [-0.15, -0.1) is 0 Å². The third-order valence-corrected chi connectivity index (χ3v) is 6.23. The third-order valence-electron chi connectivity index (χ3n) is 5.44. The van der Waals surface area contributed by atoms with Gasteiger partial charge in [0.15, 0.2) is 0 Å². The van der Waals surface area contributed by atoms with Crippen LogP contribution >= 0.6 is 34.8 Å². The molecule has 0 spiro atoms. The second-order valence-electron chi connectivity index (χ2n) is 7.52. The van der Waals surface area contributed by atoms with Crippen LogP contribution < -0.4 is 10.4 Å². The fraction of sp³-hybridized carbons (Fsp3) is 0.318. The smallest absolute Gasteiger partial charge is 0.283 e. The summed E-state index contributed by atoms with van der Waals surface area (Å²) in [5.41, 5.74) is 4.42. The van der Waals surface area contributed by atoms with Gasteiger partial charge < -0.3 is 0 Å². The van der Waals surface area contributed by atoms with Crippen LogP contribution in [-0.2, 0) is 4.79 Å². The van der Waals surface area contributed by atoms with Crippen molar-refractivity contribution in [3.8, 4) is 6.07 Å². The van der Waals surface area contributed by atoms with Gasteiger partial charge in [-0.25, -0.2) is 5.01 Å². The van der Waals surface area contributed by atoms with Gasteiger partial charge >= 0.3 is 0 Å². The lowest BCUT2D eigenvalue weighted by Gasteiger charge is -2.27. The first kappa shape index (κ1) is 21.9. The van der Waals surface area contributed by atoms with E-state index in [2.05, 4.69) is 16.6 Å². The fourth-order valence-electron chi connectivity index (χ4n) is 3.92. The highest BCUT2D eigenvalue weighted by Gasteiger charge is 2.43. The summed E-state index contributed by atoms with van der Waals surface area (Å²) in [6.45, 7) is 1.56. The standard InChI is InChI=1S/C22H20Cl3N5O/c23-15-6-4-14(5-7-15)21-17(13-26)20(22(31)28-29-10-2-1-3-11-29)27-30(21)19-9-8-16(24)12-18(19)25/h4-9,12,17,21H,1-3,10-11H2,(H,28,31)/t17-,21+/m0/s1. The Bertz CT molecular complexity index is 1040. The van der Waals surface area contributed by atoms with Crippen molar-refractivity contribution in [2.45, 2.75) is 25.3 Å². The molecule has 0 unspecified atom stereocenters. The largest absolute Gasteiger partial charge is 0.284 e. The molecule has 2 aliphatic rings. The van der Waals surface area contributed by atoms with Crippen LogP contribution in [0.2, 0.25) is 15.1 Å². The normalized spacial score (nSPS) is 21.5. The molecule has 1 saturated heterocycles. The molecule has 2 atom stereocenters. The van der Waals surface area contributed by atoms with Gasteiger partial charge in [0, 0.05) is 23.1 Å². The molecule has 0 bridgehead atoms. The minimum Gasteiger partial charge on any atom is -0.284 e. The maximum Gasteiger partial charge on any atom is 0.283 e. The molecule has 0 aliphatic carbocycles. The number of carbonyl (C=O) groups is 1. The SMILES string of the molecule is N#C[C@H]1C(C(=O)NN2CCCCC2)=NN(c2ccc(Cl)cc2Cl)[C@@H]1c1ccc(Cl)cc1. The second-order valence-corrected chi connectivity index (χ2v) is 8.80. The summed E-state index contributed by atoms with van der Waals surface area (Å²) in [6.07, 6.45) is 3.19. The van der Waals surface area contributed by atoms with E-state index >= 15 is 0 Å². The van der Waals surface area contributed by atoms with Crippen LogP contribution in [0.25, 0.3) is 0 Å². The number of carbonyl (C=O) groups excluding carboxylic acids is 1. The molecule has 0 aromatic heterocycles. The van der Waals surface area contributed by atoms with Gasteiger partial charge in [0.25, 0.3) is 5.91 Å². The number of hydrogen-bond acceptors (Lipinski definition) is 5. The molecule has 2 aromatic rings. The molecule has 4 rings (SSSR count). The van der Waals surface area contributed by atoms with Crippen molar-refractivity contribution in [3.63, 3.8) is 0 Å². The van der Waals surface area contributed by atoms with Crippen LogP contribution in [0, 0.1) is 17.2 Å². The lowest BCUT2D eigenvalue weighted by atomic mass is 9.90. The van der Waals surface area contributed by atoms with Crippen molar-refractivity contribution in [2.75, 3.05) is 18.1 Å². The van der Waals surface area contributed by atoms with Crippen LogP contribution in [0.3, 0.4) is 0 Å². The minimum atomic E-state index is -0.794. The van der Waals surface area contributed by atoms with E-state index in [-0.39, 0.29) is 11.6 Å². The molecule has 0 saturated carbocycles. The van der Waals surface area contributed by atoms with E-state index in [0.717, 1.165) is 37.9 Å². The van der Waals surface area contributed by atoms with Crippen molar-refractivity contribution in [3.05, 3.63) is 63.1 Å². The number of nitriles is 1. The molecule has 31 heavy (non-hydrogen) atoms. The Hall–Kier alpha value is -2.30. The van der Waals surface area contributed by atoms with Gasteiger partial charge in [0.1, 0.15) is 11.6 Å². The summed E-state index contributed by atoms with van der Waals surface area (Å²) in [5.74, 6) is -1.17. The van der Waals surface area contributed by atoms with Crippen molar-refractivity contribution in [1.82, 2.24) is 10.4 Å². The highest BCUT2D eigenvalue weighted by atomic mass is 35.5. The zero-order chi connectivity index (χ0) is 22.0. The molecular weight excluding hydrogens is 457 g/mol. The van der Waals surface area contributed by atoms with Gasteiger partial charge in [-0.05, 0) is 48.7 Å². The summed E-state index contributed by atoms with van der Waals surface area (Å²) in [5, 5.41) is 19.6. The third kappa shape index (κ3) is 4.65. The second kappa shape index (κ2) is 9.46. The number of anilines is 1. The zero-order valence-corrected chi connectivity index (χ0v) is 18.8. The first-order valence-electron chi connectivity index (χ1n) is 10.0. The van der Waals surface area contributed by atoms with Crippen molar-refractivity contribution >= 4 is 52.1 Å². The highest BCUT2D eigenvalue weighted by molar-refractivity contribution is 6.41. The Labute approximate surface area is 195 Å². The Morgan fingerprint density at radius 2 is 1.71 bits per heavy atom. The predicted octanol–water partition coefficient (Wildman–Crippen LogP) is 5.22. The zero-order valence-electron chi connectivity index (χ0n) is 16.6. The Morgan fingerprint density at radius 3 is 2.35 bits per heavy atom. The first-order chi connectivity index (χ1) is 15.0. The van der Waals surface area contributed by atoms with Crippen LogP contribution in [0.5, 0.6) is 0 Å². The van der Waals surface area contributed by atoms with Crippen molar-refractivity contribution in [1.29, 1.82) is 5.26 Å². The van der Waals surface area contributed by atoms with Gasteiger partial charge in [-0.2, -0.15) is 10.4 Å². The summed E-state index contributed by atoms with van der Waals surface area (Å²) in [4.78, 5) is 13.1. The van der Waals surface area contributed by atoms with E-state index in [1.165, 1.54) is 0 Å². The van der Waals surface area contributed by atoms with E-state index in [1.807, 2.05) is 17.1 Å². The number of hydrazone groups is 1.